The van der Waals surface area contributed by atoms with Crippen molar-refractivity contribution in [3.63, 3.8) is 0 Å². The average molecular weight is 288 g/mol. The molecule has 0 aliphatic carbocycles. The van der Waals surface area contributed by atoms with Gasteiger partial charge in [0.1, 0.15) is 0 Å². The third-order valence-corrected chi connectivity index (χ3v) is 3.96. The van der Waals surface area contributed by atoms with Crippen LogP contribution in [0, 0.1) is 0 Å². The third-order valence-electron chi connectivity index (χ3n) is 2.33. The second kappa shape index (κ2) is 6.00. The van der Waals surface area contributed by atoms with Gasteiger partial charge in [-0.15, -0.1) is 0 Å². The standard InChI is InChI=1S/C11H16N2O5S/c1-7(6-14)13-19(16,17)10-5-8(12)3-4-9(10)11(15)18-2/h3-5,7,13-14H,6,12H2,1-2H3/t7-/m0/s1. The molecule has 1 atom stereocenters. The van der Waals surface area contributed by atoms with E-state index in [1.165, 1.54) is 25.1 Å². The van der Waals surface area contributed by atoms with Gasteiger partial charge in [0.2, 0.25) is 10.0 Å². The van der Waals surface area contributed by atoms with Crippen LogP contribution in [-0.4, -0.2) is 39.3 Å². The summed E-state index contributed by atoms with van der Waals surface area (Å²) in [5.74, 6) is -0.781. The lowest BCUT2D eigenvalue weighted by atomic mass is 10.2. The van der Waals surface area contributed by atoms with Crippen molar-refractivity contribution in [1.29, 1.82) is 0 Å². The average Bonchev–Trinajstić information content (AvgIpc) is 2.37. The van der Waals surface area contributed by atoms with Crippen molar-refractivity contribution >= 4 is 21.7 Å². The number of sulfonamides is 1. The Bertz CT molecular complexity index is 570. The number of nitrogen functional groups attached to an aromatic ring is 1. The predicted molar refractivity (Wildman–Crippen MR) is 69.1 cm³/mol. The van der Waals surface area contributed by atoms with Gasteiger partial charge in [0.05, 0.1) is 24.2 Å². The van der Waals surface area contributed by atoms with Crippen molar-refractivity contribution in [3.05, 3.63) is 23.8 Å². The molecule has 0 saturated carbocycles. The highest BCUT2D eigenvalue weighted by Gasteiger charge is 2.24. The summed E-state index contributed by atoms with van der Waals surface area (Å²) in [7, 11) is -2.82. The van der Waals surface area contributed by atoms with Crippen molar-refractivity contribution in [2.75, 3.05) is 19.5 Å². The second-order valence-electron chi connectivity index (χ2n) is 3.95. The number of rotatable bonds is 5. The maximum atomic E-state index is 12.1. The van der Waals surface area contributed by atoms with Crippen LogP contribution in [0.1, 0.15) is 17.3 Å². The van der Waals surface area contributed by atoms with E-state index in [4.69, 9.17) is 10.8 Å². The van der Waals surface area contributed by atoms with Gasteiger partial charge in [0.15, 0.2) is 0 Å². The number of carbonyl (C=O) groups is 1. The van der Waals surface area contributed by atoms with E-state index in [0.29, 0.717) is 0 Å². The molecule has 0 heterocycles. The van der Waals surface area contributed by atoms with Crippen molar-refractivity contribution in [1.82, 2.24) is 4.72 Å². The fraction of sp³-hybridized carbons (Fsp3) is 0.364. The van der Waals surface area contributed by atoms with Gasteiger partial charge in [-0.1, -0.05) is 0 Å². The third kappa shape index (κ3) is 3.66. The zero-order chi connectivity index (χ0) is 14.6. The molecule has 0 aliphatic rings. The van der Waals surface area contributed by atoms with Crippen LogP contribution in [0.25, 0.3) is 0 Å². The Hall–Kier alpha value is -1.64. The highest BCUT2D eigenvalue weighted by molar-refractivity contribution is 7.89. The molecular weight excluding hydrogens is 272 g/mol. The van der Waals surface area contributed by atoms with Crippen LogP contribution in [0.15, 0.2) is 23.1 Å². The Morgan fingerprint density at radius 2 is 2.16 bits per heavy atom. The van der Waals surface area contributed by atoms with Crippen molar-refractivity contribution in [2.24, 2.45) is 0 Å². The molecule has 0 radical (unpaired) electrons. The lowest BCUT2D eigenvalue weighted by Gasteiger charge is -2.14. The molecule has 8 heteroatoms. The smallest absolute Gasteiger partial charge is 0.339 e. The molecule has 0 spiro atoms. The molecule has 0 bridgehead atoms. The number of nitrogens with one attached hydrogen (secondary N) is 1. The Morgan fingerprint density at radius 3 is 2.68 bits per heavy atom. The monoisotopic (exact) mass is 288 g/mol. The lowest BCUT2D eigenvalue weighted by molar-refractivity contribution is 0.0596. The molecule has 0 fully saturated rings. The van der Waals surface area contributed by atoms with E-state index in [1.54, 1.807) is 0 Å². The number of esters is 1. The van der Waals surface area contributed by atoms with E-state index < -0.39 is 22.0 Å². The van der Waals surface area contributed by atoms with E-state index in [-0.39, 0.29) is 22.8 Å². The van der Waals surface area contributed by atoms with Crippen LogP contribution < -0.4 is 10.5 Å². The van der Waals surface area contributed by atoms with Crippen LogP contribution in [0.4, 0.5) is 5.69 Å². The van der Waals surface area contributed by atoms with Gasteiger partial charge in [-0.3, -0.25) is 0 Å². The molecule has 7 nitrogen and oxygen atoms in total. The summed E-state index contributed by atoms with van der Waals surface area (Å²) in [5.41, 5.74) is 5.62. The summed E-state index contributed by atoms with van der Waals surface area (Å²) >= 11 is 0. The minimum atomic E-state index is -3.97. The summed E-state index contributed by atoms with van der Waals surface area (Å²) in [6.45, 7) is 1.12. The number of benzene rings is 1. The van der Waals surface area contributed by atoms with Gasteiger partial charge in [-0.2, -0.15) is 0 Å². The molecule has 0 aromatic heterocycles. The van der Waals surface area contributed by atoms with Crippen LogP contribution in [0.2, 0.25) is 0 Å². The van der Waals surface area contributed by atoms with Crippen molar-refractivity contribution < 1.29 is 23.1 Å². The molecule has 0 amide bonds. The topological polar surface area (TPSA) is 119 Å². The highest BCUT2D eigenvalue weighted by Crippen LogP contribution is 2.20. The second-order valence-corrected chi connectivity index (χ2v) is 5.63. The van der Waals surface area contributed by atoms with Gasteiger partial charge in [-0.25, -0.2) is 17.9 Å². The number of hydrogen-bond acceptors (Lipinski definition) is 6. The van der Waals surface area contributed by atoms with Crippen LogP contribution in [-0.2, 0) is 14.8 Å². The van der Waals surface area contributed by atoms with Gasteiger partial charge in [0.25, 0.3) is 0 Å². The van der Waals surface area contributed by atoms with E-state index in [1.807, 2.05) is 0 Å². The molecule has 4 N–H and O–H groups in total. The molecule has 0 aliphatic heterocycles. The van der Waals surface area contributed by atoms with Crippen molar-refractivity contribution in [2.45, 2.75) is 17.9 Å². The number of anilines is 1. The number of aliphatic hydroxyl groups excluding tert-OH is 1. The fourth-order valence-corrected chi connectivity index (χ4v) is 2.87. The quantitative estimate of drug-likeness (QED) is 0.506. The SMILES string of the molecule is COC(=O)c1ccc(N)cc1S(=O)(=O)N[C@@H](C)CO. The summed E-state index contributed by atoms with van der Waals surface area (Å²) in [6, 6.07) is 3.16. The predicted octanol–water partition coefficient (Wildman–Crippen LogP) is -0.286. The number of ether oxygens (including phenoxy) is 1. The molecule has 106 valence electrons. The maximum absolute atomic E-state index is 12.1. The first-order chi connectivity index (χ1) is 8.81. The zero-order valence-electron chi connectivity index (χ0n) is 10.6. The normalized spacial score (nSPS) is 13.0. The summed E-state index contributed by atoms with van der Waals surface area (Å²) in [5, 5.41) is 8.88. The molecule has 1 aromatic carbocycles. The van der Waals surface area contributed by atoms with Crippen LogP contribution in [0.5, 0.6) is 0 Å². The highest BCUT2D eigenvalue weighted by atomic mass is 32.2. The fourth-order valence-electron chi connectivity index (χ4n) is 1.41. The first-order valence-corrected chi connectivity index (χ1v) is 6.91. The number of carbonyl (C=O) groups excluding carboxylic acids is 1. The first-order valence-electron chi connectivity index (χ1n) is 5.43. The van der Waals surface area contributed by atoms with E-state index >= 15 is 0 Å². The molecular formula is C11H16N2O5S. The molecule has 0 saturated heterocycles. The lowest BCUT2D eigenvalue weighted by Crippen LogP contribution is -2.35. The number of aliphatic hydroxyl groups is 1. The van der Waals surface area contributed by atoms with E-state index in [9.17, 15) is 13.2 Å². The van der Waals surface area contributed by atoms with Gasteiger partial charge < -0.3 is 15.6 Å². The zero-order valence-corrected chi connectivity index (χ0v) is 11.4. The maximum Gasteiger partial charge on any atom is 0.339 e. The molecule has 19 heavy (non-hydrogen) atoms. The summed E-state index contributed by atoms with van der Waals surface area (Å²) in [6.07, 6.45) is 0. The Morgan fingerprint density at radius 1 is 1.53 bits per heavy atom. The molecule has 1 rings (SSSR count). The Kier molecular flexibility index (Phi) is 4.87. The molecule has 0 unspecified atom stereocenters. The van der Waals surface area contributed by atoms with Gasteiger partial charge in [-0.05, 0) is 25.1 Å². The number of hydrogen-bond donors (Lipinski definition) is 3. The summed E-state index contributed by atoms with van der Waals surface area (Å²) < 4.78 is 31.0. The molecule has 1 aromatic rings. The van der Waals surface area contributed by atoms with E-state index in [2.05, 4.69) is 9.46 Å². The van der Waals surface area contributed by atoms with Crippen LogP contribution >= 0.6 is 0 Å². The first kappa shape index (κ1) is 15.4. The minimum absolute atomic E-state index is 0.116. The van der Waals surface area contributed by atoms with E-state index in [0.717, 1.165) is 7.11 Å². The van der Waals surface area contributed by atoms with Gasteiger partial charge in [0, 0.05) is 11.7 Å². The van der Waals surface area contributed by atoms with Gasteiger partial charge >= 0.3 is 5.97 Å². The number of methoxy groups -OCH3 is 1. The Balaban J connectivity index is 3.32. The summed E-state index contributed by atoms with van der Waals surface area (Å²) in [4.78, 5) is 11.3. The number of nitrogens with two attached hydrogens (primary N) is 1. The van der Waals surface area contributed by atoms with Crippen LogP contribution in [0.3, 0.4) is 0 Å². The van der Waals surface area contributed by atoms with Crippen molar-refractivity contribution in [3.8, 4) is 0 Å². The largest absolute Gasteiger partial charge is 0.465 e. The Labute approximate surface area is 111 Å². The minimum Gasteiger partial charge on any atom is -0.465 e.